The van der Waals surface area contributed by atoms with Crippen LogP contribution in [0.15, 0.2) is 97.7 Å². The van der Waals surface area contributed by atoms with Crippen LogP contribution in [0, 0.1) is 0 Å². The smallest absolute Gasteiger partial charge is 0.146 e. The molecule has 1 fully saturated rings. The summed E-state index contributed by atoms with van der Waals surface area (Å²) in [5, 5.41) is 9.98. The minimum absolute atomic E-state index is 0.417. The number of para-hydroxylation sites is 1. The maximum atomic E-state index is 6.30. The molecule has 2 aromatic heterocycles. The Morgan fingerprint density at radius 2 is 1.88 bits per heavy atom. The minimum atomic E-state index is 0.417. The van der Waals surface area contributed by atoms with Crippen LogP contribution >= 0.6 is 11.6 Å². The van der Waals surface area contributed by atoms with Gasteiger partial charge in [-0.2, -0.15) is 5.10 Å². The van der Waals surface area contributed by atoms with Crippen molar-refractivity contribution in [2.24, 2.45) is 0 Å². The number of halogens is 1. The third kappa shape index (κ3) is 6.33. The summed E-state index contributed by atoms with van der Waals surface area (Å²) in [5.41, 5.74) is 4.53. The second-order valence-corrected chi connectivity index (χ2v) is 10.7. The SMILES string of the molecule is Clc1ccc(-n2cncn2)c(OCCN2CC[C@@H](NCc3ccnc4ccccc34)C[C@@H]2Cc2ccccc2)c1. The van der Waals surface area contributed by atoms with E-state index in [1.165, 1.54) is 22.8 Å². The number of likely N-dealkylation sites (tertiary alicyclic amines) is 1. The molecule has 0 bridgehead atoms. The molecule has 1 N–H and O–H groups in total. The summed E-state index contributed by atoms with van der Waals surface area (Å²) < 4.78 is 7.98. The number of piperidine rings is 1. The minimum Gasteiger partial charge on any atom is -0.490 e. The molecule has 8 heteroatoms. The van der Waals surface area contributed by atoms with Crippen molar-refractivity contribution in [3.05, 3.63) is 114 Å². The van der Waals surface area contributed by atoms with E-state index in [1.807, 2.05) is 30.5 Å². The summed E-state index contributed by atoms with van der Waals surface area (Å²) in [5.74, 6) is 0.707. The van der Waals surface area contributed by atoms with E-state index in [2.05, 4.69) is 79.9 Å². The standard InChI is InChI=1S/C32H33ClN6O/c33-26-10-11-31(39-23-34-22-37-39)32(19-26)40-17-16-38-15-13-27(20-28(38)18-24-6-2-1-3-7-24)36-21-25-12-14-35-30-9-5-4-8-29(25)30/h1-12,14,19,22-23,27-28,36H,13,15-18,20-21H2/t27-,28+/m1/s1. The molecular formula is C32H33ClN6O. The van der Waals surface area contributed by atoms with Crippen molar-refractivity contribution in [2.75, 3.05) is 19.7 Å². The topological polar surface area (TPSA) is 68.1 Å². The first kappa shape index (κ1) is 26.4. The highest BCUT2D eigenvalue weighted by Crippen LogP contribution is 2.27. The molecule has 7 nitrogen and oxygen atoms in total. The Morgan fingerprint density at radius 3 is 2.75 bits per heavy atom. The number of rotatable bonds is 10. The molecule has 3 heterocycles. The third-order valence-electron chi connectivity index (χ3n) is 7.70. The molecule has 2 atom stereocenters. The number of ether oxygens (including phenoxy) is 1. The first-order chi connectivity index (χ1) is 19.7. The van der Waals surface area contributed by atoms with E-state index >= 15 is 0 Å². The highest BCUT2D eigenvalue weighted by molar-refractivity contribution is 6.30. The Bertz CT molecular complexity index is 1520. The monoisotopic (exact) mass is 552 g/mol. The third-order valence-corrected chi connectivity index (χ3v) is 7.93. The summed E-state index contributed by atoms with van der Waals surface area (Å²) in [6.07, 6.45) is 8.28. The maximum absolute atomic E-state index is 6.30. The summed E-state index contributed by atoms with van der Waals surface area (Å²) in [7, 11) is 0. The van der Waals surface area contributed by atoms with Crippen molar-refractivity contribution >= 4 is 22.5 Å². The van der Waals surface area contributed by atoms with Crippen molar-refractivity contribution in [2.45, 2.75) is 37.9 Å². The molecule has 1 saturated heterocycles. The molecule has 0 unspecified atom stereocenters. The van der Waals surface area contributed by atoms with Gasteiger partial charge >= 0.3 is 0 Å². The van der Waals surface area contributed by atoms with Gasteiger partial charge in [0.1, 0.15) is 30.7 Å². The van der Waals surface area contributed by atoms with E-state index < -0.39 is 0 Å². The van der Waals surface area contributed by atoms with Crippen molar-refractivity contribution in [1.29, 1.82) is 0 Å². The van der Waals surface area contributed by atoms with Crippen LogP contribution in [0.4, 0.5) is 0 Å². The molecule has 40 heavy (non-hydrogen) atoms. The zero-order chi connectivity index (χ0) is 27.1. The molecule has 1 aliphatic rings. The zero-order valence-electron chi connectivity index (χ0n) is 22.4. The lowest BCUT2D eigenvalue weighted by Gasteiger charge is -2.40. The normalized spacial score (nSPS) is 17.7. The largest absolute Gasteiger partial charge is 0.490 e. The Balaban J connectivity index is 1.12. The van der Waals surface area contributed by atoms with Gasteiger partial charge in [0.15, 0.2) is 0 Å². The van der Waals surface area contributed by atoms with Crippen LogP contribution < -0.4 is 10.1 Å². The molecule has 0 radical (unpaired) electrons. The van der Waals surface area contributed by atoms with E-state index in [-0.39, 0.29) is 0 Å². The number of hydrogen-bond acceptors (Lipinski definition) is 6. The van der Waals surface area contributed by atoms with Gasteiger partial charge < -0.3 is 10.1 Å². The van der Waals surface area contributed by atoms with Crippen LogP contribution in [-0.2, 0) is 13.0 Å². The highest BCUT2D eigenvalue weighted by Gasteiger charge is 2.28. The average Bonchev–Trinajstić information content (AvgIpc) is 3.52. The van der Waals surface area contributed by atoms with Crippen molar-refractivity contribution in [1.82, 2.24) is 30.0 Å². The second kappa shape index (κ2) is 12.6. The number of fused-ring (bicyclic) bond motifs is 1. The summed E-state index contributed by atoms with van der Waals surface area (Å²) in [4.78, 5) is 11.2. The first-order valence-corrected chi connectivity index (χ1v) is 14.2. The number of nitrogens with one attached hydrogen (secondary N) is 1. The van der Waals surface area contributed by atoms with Crippen LogP contribution in [0.5, 0.6) is 5.75 Å². The van der Waals surface area contributed by atoms with Gasteiger partial charge in [0.05, 0.1) is 5.52 Å². The van der Waals surface area contributed by atoms with Gasteiger partial charge in [0, 0.05) is 54.4 Å². The van der Waals surface area contributed by atoms with E-state index in [4.69, 9.17) is 16.3 Å². The predicted molar refractivity (Wildman–Crippen MR) is 159 cm³/mol. The second-order valence-electron chi connectivity index (χ2n) is 10.3. The van der Waals surface area contributed by atoms with Gasteiger partial charge in [-0.15, -0.1) is 0 Å². The Kier molecular flexibility index (Phi) is 8.33. The number of hydrogen-bond donors (Lipinski definition) is 1. The van der Waals surface area contributed by atoms with E-state index in [1.54, 1.807) is 11.0 Å². The van der Waals surface area contributed by atoms with Gasteiger partial charge in [-0.3, -0.25) is 9.88 Å². The molecule has 3 aromatic carbocycles. The van der Waals surface area contributed by atoms with Crippen LogP contribution in [0.3, 0.4) is 0 Å². The molecule has 204 valence electrons. The molecule has 0 amide bonds. The number of nitrogens with zero attached hydrogens (tertiary/aromatic N) is 5. The molecule has 5 aromatic rings. The predicted octanol–water partition coefficient (Wildman–Crippen LogP) is 5.71. The van der Waals surface area contributed by atoms with Gasteiger partial charge in [-0.25, -0.2) is 9.67 Å². The van der Waals surface area contributed by atoms with Crippen LogP contribution in [0.2, 0.25) is 5.02 Å². The van der Waals surface area contributed by atoms with Gasteiger partial charge in [0.25, 0.3) is 0 Å². The fraction of sp³-hybridized carbons (Fsp3) is 0.281. The van der Waals surface area contributed by atoms with Crippen LogP contribution in [0.1, 0.15) is 24.0 Å². The van der Waals surface area contributed by atoms with Crippen molar-refractivity contribution in [3.63, 3.8) is 0 Å². The lowest BCUT2D eigenvalue weighted by Crippen LogP contribution is -2.50. The number of pyridine rings is 1. The van der Waals surface area contributed by atoms with Gasteiger partial charge in [0.2, 0.25) is 0 Å². The fourth-order valence-electron chi connectivity index (χ4n) is 5.64. The average molecular weight is 553 g/mol. The fourth-order valence-corrected chi connectivity index (χ4v) is 5.80. The van der Waals surface area contributed by atoms with Crippen molar-refractivity contribution in [3.8, 4) is 11.4 Å². The van der Waals surface area contributed by atoms with Crippen molar-refractivity contribution < 1.29 is 4.74 Å². The molecule has 0 spiro atoms. The zero-order valence-corrected chi connectivity index (χ0v) is 23.1. The van der Waals surface area contributed by atoms with E-state index in [0.717, 1.165) is 50.1 Å². The Labute approximate surface area is 239 Å². The van der Waals surface area contributed by atoms with Gasteiger partial charge in [-0.1, -0.05) is 60.1 Å². The summed E-state index contributed by atoms with van der Waals surface area (Å²) in [6, 6.07) is 27.7. The molecule has 6 rings (SSSR count). The quantitative estimate of drug-likeness (QED) is 0.239. The molecule has 0 aliphatic carbocycles. The first-order valence-electron chi connectivity index (χ1n) is 13.8. The summed E-state index contributed by atoms with van der Waals surface area (Å²) in [6.45, 7) is 3.26. The number of aromatic nitrogens is 4. The Hall–Kier alpha value is -3.78. The van der Waals surface area contributed by atoms with Crippen LogP contribution in [0.25, 0.3) is 16.6 Å². The maximum Gasteiger partial charge on any atom is 0.146 e. The highest BCUT2D eigenvalue weighted by atomic mass is 35.5. The van der Waals surface area contributed by atoms with Crippen LogP contribution in [-0.4, -0.2) is 56.4 Å². The van der Waals surface area contributed by atoms with Gasteiger partial charge in [-0.05, 0) is 54.7 Å². The molecular weight excluding hydrogens is 520 g/mol. The Morgan fingerprint density at radius 1 is 1.00 bits per heavy atom. The lowest BCUT2D eigenvalue weighted by atomic mass is 9.92. The number of benzene rings is 3. The summed E-state index contributed by atoms with van der Waals surface area (Å²) >= 11 is 6.30. The van der Waals surface area contributed by atoms with E-state index in [9.17, 15) is 0 Å². The van der Waals surface area contributed by atoms with E-state index in [0.29, 0.717) is 29.5 Å². The molecule has 0 saturated carbocycles. The lowest BCUT2D eigenvalue weighted by molar-refractivity contribution is 0.104. The molecule has 1 aliphatic heterocycles.